The highest BCUT2D eigenvalue weighted by molar-refractivity contribution is 5.51. The van der Waals surface area contributed by atoms with Crippen molar-refractivity contribution in [1.29, 1.82) is 0 Å². The fraction of sp³-hybridized carbons (Fsp3) is 0.462. The van der Waals surface area contributed by atoms with Crippen molar-refractivity contribution < 1.29 is 22.6 Å². The van der Waals surface area contributed by atoms with Crippen LogP contribution in [0, 0.1) is 5.92 Å². The Kier molecular flexibility index (Phi) is 7.17. The second-order valence-electron chi connectivity index (χ2n) is 8.88. The summed E-state index contributed by atoms with van der Waals surface area (Å²) in [5.41, 5.74) is 5.79. The molecule has 0 atom stereocenters. The number of allylic oxidation sites excluding steroid dienone is 1. The van der Waals surface area contributed by atoms with Crippen molar-refractivity contribution in [2.75, 3.05) is 20.3 Å². The number of alkyl halides is 3. The number of hydrogen-bond donors (Lipinski definition) is 1. The van der Waals surface area contributed by atoms with Crippen LogP contribution in [0.3, 0.4) is 0 Å². The second-order valence-corrected chi connectivity index (χ2v) is 8.88. The summed E-state index contributed by atoms with van der Waals surface area (Å²) >= 11 is 0. The topological polar surface area (TPSA) is 33.7 Å². The molecule has 7 heteroatoms. The summed E-state index contributed by atoms with van der Waals surface area (Å²) in [5.74, 6) is 1.59. The van der Waals surface area contributed by atoms with Crippen LogP contribution < -0.4 is 14.8 Å². The van der Waals surface area contributed by atoms with E-state index in [1.165, 1.54) is 31.1 Å². The lowest BCUT2D eigenvalue weighted by molar-refractivity contribution is -0.139. The first-order valence-corrected chi connectivity index (χ1v) is 11.4. The highest BCUT2D eigenvalue weighted by atomic mass is 19.4. The van der Waals surface area contributed by atoms with Crippen molar-refractivity contribution in [2.24, 2.45) is 5.92 Å². The van der Waals surface area contributed by atoms with E-state index >= 15 is 0 Å². The number of fused-ring (bicyclic) bond motifs is 1. The lowest BCUT2D eigenvalue weighted by Crippen LogP contribution is -2.30. The van der Waals surface area contributed by atoms with E-state index in [1.54, 1.807) is 6.07 Å². The number of nitrogens with zero attached hydrogens (tertiary/aromatic N) is 1. The lowest BCUT2D eigenvalue weighted by atomic mass is 9.97. The molecule has 1 aliphatic heterocycles. The lowest BCUT2D eigenvalue weighted by Gasteiger charge is -2.30. The van der Waals surface area contributed by atoms with Gasteiger partial charge in [-0.2, -0.15) is 13.2 Å². The van der Waals surface area contributed by atoms with Crippen molar-refractivity contribution in [3.8, 4) is 11.5 Å². The van der Waals surface area contributed by atoms with Crippen LogP contribution in [0.5, 0.6) is 11.5 Å². The fourth-order valence-electron chi connectivity index (χ4n) is 4.22. The molecule has 4 rings (SSSR count). The van der Waals surface area contributed by atoms with E-state index in [9.17, 15) is 13.2 Å². The van der Waals surface area contributed by atoms with Gasteiger partial charge in [-0.05, 0) is 47.9 Å². The smallest absolute Gasteiger partial charge is 0.392 e. The first-order valence-electron chi connectivity index (χ1n) is 11.4. The van der Waals surface area contributed by atoms with Crippen LogP contribution >= 0.6 is 0 Å². The van der Waals surface area contributed by atoms with Crippen LogP contribution in [0.4, 0.5) is 13.2 Å². The maximum absolute atomic E-state index is 12.4. The number of nitrogens with one attached hydrogen (secondary N) is 1. The molecule has 0 bridgehead atoms. The molecule has 0 saturated heterocycles. The largest absolute Gasteiger partial charge is 0.493 e. The maximum Gasteiger partial charge on any atom is 0.392 e. The zero-order valence-electron chi connectivity index (χ0n) is 19.0. The van der Waals surface area contributed by atoms with Gasteiger partial charge in [-0.1, -0.05) is 36.9 Å². The first-order chi connectivity index (χ1) is 15.8. The molecular weight excluding hydrogens is 429 g/mol. The average Bonchev–Trinajstić information content (AvgIpc) is 3.63. The summed E-state index contributed by atoms with van der Waals surface area (Å²) in [6, 6.07) is 12.3. The molecule has 33 heavy (non-hydrogen) atoms. The molecule has 178 valence electrons. The van der Waals surface area contributed by atoms with E-state index in [2.05, 4.69) is 41.1 Å². The Balaban J connectivity index is 1.33. The molecule has 0 spiro atoms. The third-order valence-corrected chi connectivity index (χ3v) is 6.26. The highest BCUT2D eigenvalue weighted by Gasteiger charge is 2.28. The van der Waals surface area contributed by atoms with E-state index in [4.69, 9.17) is 9.47 Å². The van der Waals surface area contributed by atoms with Gasteiger partial charge in [0, 0.05) is 37.4 Å². The predicted octanol–water partition coefficient (Wildman–Crippen LogP) is 5.60. The highest BCUT2D eigenvalue weighted by Crippen LogP contribution is 2.37. The van der Waals surface area contributed by atoms with Gasteiger partial charge in [0.2, 0.25) is 0 Å². The van der Waals surface area contributed by atoms with Gasteiger partial charge in [-0.25, -0.2) is 0 Å². The van der Waals surface area contributed by atoms with Crippen LogP contribution in [0.1, 0.15) is 41.5 Å². The minimum atomic E-state index is -4.23. The van der Waals surface area contributed by atoms with Gasteiger partial charge in [0.25, 0.3) is 0 Å². The number of methoxy groups -OCH3 is 1. The van der Waals surface area contributed by atoms with E-state index in [-0.39, 0.29) is 0 Å². The Morgan fingerprint density at radius 2 is 1.85 bits per heavy atom. The van der Waals surface area contributed by atoms with Crippen molar-refractivity contribution >= 4 is 0 Å². The quantitative estimate of drug-likeness (QED) is 0.501. The summed E-state index contributed by atoms with van der Waals surface area (Å²) in [6.45, 7) is 6.95. The molecule has 0 aromatic heterocycles. The molecular formula is C26H31F3N2O2. The summed E-state index contributed by atoms with van der Waals surface area (Å²) < 4.78 is 48.2. The van der Waals surface area contributed by atoms with Crippen LogP contribution in [0.2, 0.25) is 0 Å². The third-order valence-electron chi connectivity index (χ3n) is 6.26. The second kappa shape index (κ2) is 10.1. The Morgan fingerprint density at radius 3 is 2.52 bits per heavy atom. The molecule has 0 unspecified atom stereocenters. The Labute approximate surface area is 193 Å². The third kappa shape index (κ3) is 6.44. The van der Waals surface area contributed by atoms with E-state index in [1.807, 2.05) is 6.07 Å². The number of rotatable bonds is 10. The zero-order valence-corrected chi connectivity index (χ0v) is 19.0. The molecule has 2 aliphatic rings. The van der Waals surface area contributed by atoms with Crippen molar-refractivity contribution in [3.63, 3.8) is 0 Å². The van der Waals surface area contributed by atoms with Gasteiger partial charge < -0.3 is 14.8 Å². The average molecular weight is 461 g/mol. The van der Waals surface area contributed by atoms with Gasteiger partial charge in [-0.3, -0.25) is 4.90 Å². The van der Waals surface area contributed by atoms with Crippen LogP contribution in [-0.4, -0.2) is 31.3 Å². The van der Waals surface area contributed by atoms with Crippen molar-refractivity contribution in [2.45, 2.75) is 51.5 Å². The van der Waals surface area contributed by atoms with Gasteiger partial charge in [0.05, 0.1) is 20.1 Å². The molecule has 4 nitrogen and oxygen atoms in total. The molecule has 1 aliphatic carbocycles. The van der Waals surface area contributed by atoms with Crippen LogP contribution in [0.15, 0.2) is 48.7 Å². The molecule has 1 fully saturated rings. The number of hydrogen-bond acceptors (Lipinski definition) is 4. The summed E-state index contributed by atoms with van der Waals surface area (Å²) in [7, 11) is 1.54. The number of ether oxygens (including phenoxy) is 2. The van der Waals surface area contributed by atoms with E-state index < -0.39 is 19.2 Å². The molecule has 2 aromatic rings. The summed E-state index contributed by atoms with van der Waals surface area (Å²) in [4.78, 5) is 2.37. The fourth-order valence-corrected chi connectivity index (χ4v) is 4.22. The van der Waals surface area contributed by atoms with E-state index in [0.29, 0.717) is 17.4 Å². The van der Waals surface area contributed by atoms with E-state index in [0.717, 1.165) is 49.4 Å². The van der Waals surface area contributed by atoms with Gasteiger partial charge in [-0.15, -0.1) is 0 Å². The first kappa shape index (κ1) is 23.5. The standard InChI is InChI=1S/C26H31F3N2O2/c1-18(21-7-8-21)30-15-19-3-5-20(6-4-19)16-31-13-11-23-22(17-31)9-10-24(25(23)32-2)33-14-12-26(27,28)29/h3-6,9-10,21,30H,1,7-8,11-17H2,2H3. The molecule has 1 N–H and O–H groups in total. The summed E-state index contributed by atoms with van der Waals surface area (Å²) in [6.07, 6.45) is -1.95. The van der Waals surface area contributed by atoms with Crippen LogP contribution in [0.25, 0.3) is 0 Å². The molecule has 2 aromatic carbocycles. The number of halogens is 3. The normalized spacial score (nSPS) is 16.2. The predicted molar refractivity (Wildman–Crippen MR) is 122 cm³/mol. The number of benzene rings is 2. The van der Waals surface area contributed by atoms with Gasteiger partial charge in [0.1, 0.15) is 0 Å². The molecule has 1 heterocycles. The minimum absolute atomic E-state index is 0.377. The van der Waals surface area contributed by atoms with Crippen molar-refractivity contribution in [1.82, 2.24) is 10.2 Å². The molecule has 0 amide bonds. The van der Waals surface area contributed by atoms with Gasteiger partial charge >= 0.3 is 6.18 Å². The van der Waals surface area contributed by atoms with Gasteiger partial charge in [0.15, 0.2) is 11.5 Å². The molecule has 0 radical (unpaired) electrons. The summed E-state index contributed by atoms with van der Waals surface area (Å²) in [5, 5.41) is 3.43. The van der Waals surface area contributed by atoms with Crippen LogP contribution in [-0.2, 0) is 26.1 Å². The SMILES string of the molecule is C=C(NCc1ccc(CN2CCc3c(ccc(OCCC(F)(F)F)c3OC)C2)cc1)C1CC1. The minimum Gasteiger partial charge on any atom is -0.493 e. The Bertz CT molecular complexity index is 969. The zero-order chi connectivity index (χ0) is 23.4. The maximum atomic E-state index is 12.4. The Hall–Kier alpha value is -2.67. The Morgan fingerprint density at radius 1 is 1.12 bits per heavy atom. The monoisotopic (exact) mass is 460 g/mol. The van der Waals surface area contributed by atoms with Crippen molar-refractivity contribution in [3.05, 3.63) is 70.9 Å². The molecule has 1 saturated carbocycles.